The van der Waals surface area contributed by atoms with Crippen molar-refractivity contribution in [2.45, 2.75) is 32.9 Å². The highest BCUT2D eigenvalue weighted by molar-refractivity contribution is 14.0. The molecular weight excluding hydrogens is 377 g/mol. The van der Waals surface area contributed by atoms with E-state index in [-0.39, 0.29) is 24.0 Å². The molecular formula is C16H28IN3O. The summed E-state index contributed by atoms with van der Waals surface area (Å²) in [5, 5.41) is 3.39. The summed E-state index contributed by atoms with van der Waals surface area (Å²) in [6.45, 7) is 4.68. The zero-order valence-electron chi connectivity index (χ0n) is 13.6. The topological polar surface area (TPSA) is 36.9 Å². The van der Waals surface area contributed by atoms with Gasteiger partial charge in [0.25, 0.3) is 0 Å². The highest BCUT2D eigenvalue weighted by atomic mass is 127. The van der Waals surface area contributed by atoms with Crippen molar-refractivity contribution in [2.75, 3.05) is 27.7 Å². The third-order valence-electron chi connectivity index (χ3n) is 3.21. The highest BCUT2D eigenvalue weighted by Crippen LogP contribution is 2.05. The van der Waals surface area contributed by atoms with Crippen LogP contribution < -0.4 is 5.32 Å². The van der Waals surface area contributed by atoms with Gasteiger partial charge in [-0.15, -0.1) is 24.0 Å². The lowest BCUT2D eigenvalue weighted by Gasteiger charge is -2.21. The smallest absolute Gasteiger partial charge is 0.193 e. The van der Waals surface area contributed by atoms with E-state index in [1.807, 2.05) is 7.05 Å². The predicted molar refractivity (Wildman–Crippen MR) is 100 cm³/mol. The first kappa shape index (κ1) is 20.2. The van der Waals surface area contributed by atoms with E-state index in [4.69, 9.17) is 4.74 Å². The average molecular weight is 405 g/mol. The number of rotatable bonds is 7. The van der Waals surface area contributed by atoms with Crippen molar-refractivity contribution in [2.24, 2.45) is 4.99 Å². The number of nitrogens with one attached hydrogen (secondary N) is 1. The molecule has 1 rings (SSSR count). The second-order valence-electron chi connectivity index (χ2n) is 4.93. The number of hydrogen-bond acceptors (Lipinski definition) is 2. The van der Waals surface area contributed by atoms with Gasteiger partial charge in [-0.1, -0.05) is 37.6 Å². The molecule has 0 radical (unpaired) electrons. The third-order valence-corrected chi connectivity index (χ3v) is 3.21. The van der Waals surface area contributed by atoms with Crippen LogP contribution in [0.3, 0.4) is 0 Å². The minimum atomic E-state index is 0. The van der Waals surface area contributed by atoms with Gasteiger partial charge < -0.3 is 15.0 Å². The Labute approximate surface area is 146 Å². The number of benzene rings is 1. The molecule has 0 aromatic heterocycles. The molecule has 0 aliphatic heterocycles. The van der Waals surface area contributed by atoms with Crippen LogP contribution in [0.2, 0.25) is 0 Å². The maximum Gasteiger partial charge on any atom is 0.193 e. The first-order valence-corrected chi connectivity index (χ1v) is 7.19. The van der Waals surface area contributed by atoms with E-state index in [9.17, 15) is 0 Å². The van der Waals surface area contributed by atoms with E-state index in [2.05, 4.69) is 53.4 Å². The number of methoxy groups -OCH3 is 1. The Morgan fingerprint density at radius 3 is 2.38 bits per heavy atom. The zero-order valence-corrected chi connectivity index (χ0v) is 15.9. The lowest BCUT2D eigenvalue weighted by molar-refractivity contribution is 0.185. The van der Waals surface area contributed by atoms with Crippen LogP contribution in [0.1, 0.15) is 30.9 Å². The predicted octanol–water partition coefficient (Wildman–Crippen LogP) is 3.26. The summed E-state index contributed by atoms with van der Waals surface area (Å²) < 4.78 is 5.11. The minimum absolute atomic E-state index is 0. The molecule has 120 valence electrons. The Morgan fingerprint density at radius 2 is 1.86 bits per heavy atom. The molecule has 0 unspecified atom stereocenters. The summed E-state index contributed by atoms with van der Waals surface area (Å²) in [6, 6.07) is 8.45. The molecule has 0 aliphatic carbocycles. The molecule has 1 aromatic carbocycles. The van der Waals surface area contributed by atoms with Gasteiger partial charge in [0.05, 0.1) is 6.61 Å². The van der Waals surface area contributed by atoms with Crippen LogP contribution in [-0.4, -0.2) is 38.6 Å². The highest BCUT2D eigenvalue weighted by Gasteiger charge is 2.04. The number of unbranched alkanes of at least 4 members (excludes halogenated alkanes) is 1. The van der Waals surface area contributed by atoms with E-state index >= 15 is 0 Å². The Hall–Kier alpha value is -0.820. The summed E-state index contributed by atoms with van der Waals surface area (Å²) in [5.41, 5.74) is 2.44. The Kier molecular flexibility index (Phi) is 11.3. The SMILES string of the molecule is CCCCN(C)C(=NC)NCc1ccc(COC)cc1.I. The van der Waals surface area contributed by atoms with Gasteiger partial charge in [-0.3, -0.25) is 4.99 Å². The van der Waals surface area contributed by atoms with Crippen LogP contribution in [0.4, 0.5) is 0 Å². The van der Waals surface area contributed by atoms with E-state index in [0.29, 0.717) is 6.61 Å². The van der Waals surface area contributed by atoms with Gasteiger partial charge >= 0.3 is 0 Å². The molecule has 0 saturated carbocycles. The van der Waals surface area contributed by atoms with Crippen LogP contribution in [0.15, 0.2) is 29.3 Å². The van der Waals surface area contributed by atoms with E-state index in [1.54, 1.807) is 7.11 Å². The molecule has 0 atom stereocenters. The van der Waals surface area contributed by atoms with Crippen LogP contribution in [0, 0.1) is 0 Å². The first-order chi connectivity index (χ1) is 9.71. The number of aliphatic imine (C=N–C) groups is 1. The van der Waals surface area contributed by atoms with Gasteiger partial charge in [-0.05, 0) is 17.5 Å². The van der Waals surface area contributed by atoms with Crippen molar-refractivity contribution in [3.05, 3.63) is 35.4 Å². The summed E-state index contributed by atoms with van der Waals surface area (Å²) in [4.78, 5) is 6.48. The maximum absolute atomic E-state index is 5.11. The van der Waals surface area contributed by atoms with E-state index < -0.39 is 0 Å². The quantitative estimate of drug-likeness (QED) is 0.430. The number of guanidine groups is 1. The monoisotopic (exact) mass is 405 g/mol. The van der Waals surface area contributed by atoms with Crippen LogP contribution >= 0.6 is 24.0 Å². The standard InChI is InChI=1S/C16H27N3O.HI/c1-5-6-11-19(3)16(17-2)18-12-14-7-9-15(10-8-14)13-20-4;/h7-10H,5-6,11-13H2,1-4H3,(H,17,18);1H. The summed E-state index contributed by atoms with van der Waals surface area (Å²) in [5.74, 6) is 0.944. The fourth-order valence-corrected chi connectivity index (χ4v) is 1.99. The van der Waals surface area contributed by atoms with Gasteiger partial charge in [0.15, 0.2) is 5.96 Å². The van der Waals surface area contributed by atoms with Crippen LogP contribution in [-0.2, 0) is 17.9 Å². The lowest BCUT2D eigenvalue weighted by Crippen LogP contribution is -2.38. The van der Waals surface area contributed by atoms with Crippen molar-refractivity contribution in [3.8, 4) is 0 Å². The van der Waals surface area contributed by atoms with Gasteiger partial charge in [-0.25, -0.2) is 0 Å². The summed E-state index contributed by atoms with van der Waals surface area (Å²) in [6.07, 6.45) is 2.38. The second-order valence-corrected chi connectivity index (χ2v) is 4.93. The maximum atomic E-state index is 5.11. The average Bonchev–Trinajstić information content (AvgIpc) is 2.47. The number of ether oxygens (including phenoxy) is 1. The van der Waals surface area contributed by atoms with Crippen molar-refractivity contribution in [1.29, 1.82) is 0 Å². The molecule has 0 spiro atoms. The Bertz CT molecular complexity index is 406. The molecule has 1 aromatic rings. The van der Waals surface area contributed by atoms with Crippen molar-refractivity contribution >= 4 is 29.9 Å². The normalized spacial score (nSPS) is 11.0. The first-order valence-electron chi connectivity index (χ1n) is 7.19. The summed E-state index contributed by atoms with van der Waals surface area (Å²) >= 11 is 0. The molecule has 0 amide bonds. The molecule has 1 N–H and O–H groups in total. The molecule has 0 bridgehead atoms. The zero-order chi connectivity index (χ0) is 14.8. The van der Waals surface area contributed by atoms with Gasteiger partial charge in [-0.2, -0.15) is 0 Å². The van der Waals surface area contributed by atoms with Gasteiger partial charge in [0.2, 0.25) is 0 Å². The molecule has 0 saturated heterocycles. The van der Waals surface area contributed by atoms with E-state index in [1.165, 1.54) is 24.0 Å². The molecule has 4 nitrogen and oxygen atoms in total. The van der Waals surface area contributed by atoms with Crippen molar-refractivity contribution < 1.29 is 4.74 Å². The lowest BCUT2D eigenvalue weighted by atomic mass is 10.1. The number of nitrogens with zero attached hydrogens (tertiary/aromatic N) is 2. The minimum Gasteiger partial charge on any atom is -0.380 e. The fraction of sp³-hybridized carbons (Fsp3) is 0.562. The Balaban J connectivity index is 0.00000400. The largest absolute Gasteiger partial charge is 0.380 e. The molecule has 5 heteroatoms. The van der Waals surface area contributed by atoms with Crippen LogP contribution in [0.25, 0.3) is 0 Å². The van der Waals surface area contributed by atoms with E-state index in [0.717, 1.165) is 19.0 Å². The summed E-state index contributed by atoms with van der Waals surface area (Å²) in [7, 11) is 5.62. The van der Waals surface area contributed by atoms with Gasteiger partial charge in [0, 0.05) is 34.3 Å². The van der Waals surface area contributed by atoms with Gasteiger partial charge in [0.1, 0.15) is 0 Å². The van der Waals surface area contributed by atoms with Crippen molar-refractivity contribution in [3.63, 3.8) is 0 Å². The number of halogens is 1. The third kappa shape index (κ3) is 7.66. The number of hydrogen-bond donors (Lipinski definition) is 1. The van der Waals surface area contributed by atoms with Crippen molar-refractivity contribution in [1.82, 2.24) is 10.2 Å². The molecule has 0 aliphatic rings. The molecule has 21 heavy (non-hydrogen) atoms. The Morgan fingerprint density at radius 1 is 1.24 bits per heavy atom. The second kappa shape index (κ2) is 11.8. The fourth-order valence-electron chi connectivity index (χ4n) is 1.99. The molecule has 0 fully saturated rings. The van der Waals surface area contributed by atoms with Crippen LogP contribution in [0.5, 0.6) is 0 Å². The molecule has 0 heterocycles.